The number of para-hydroxylation sites is 1. The summed E-state index contributed by atoms with van der Waals surface area (Å²) in [6, 6.07) is 27.6. The lowest BCUT2D eigenvalue weighted by molar-refractivity contribution is -0.126. The van der Waals surface area contributed by atoms with Crippen molar-refractivity contribution in [3.05, 3.63) is 140 Å². The molecule has 7 nitrogen and oxygen atoms in total. The lowest BCUT2D eigenvalue weighted by Crippen LogP contribution is -2.53. The van der Waals surface area contributed by atoms with Gasteiger partial charge in [0.05, 0.1) is 30.3 Å². The Balaban J connectivity index is 1.44. The van der Waals surface area contributed by atoms with Gasteiger partial charge in [0.1, 0.15) is 11.3 Å². The Hall–Kier alpha value is -4.88. The summed E-state index contributed by atoms with van der Waals surface area (Å²) in [5, 5.41) is 0.576. The Labute approximate surface area is 252 Å². The first-order valence-corrected chi connectivity index (χ1v) is 14.4. The number of fused-ring (bicyclic) bond motifs is 5. The minimum absolute atomic E-state index is 0.0335. The molecule has 1 spiro atoms. The van der Waals surface area contributed by atoms with Gasteiger partial charge < -0.3 is 19.0 Å². The van der Waals surface area contributed by atoms with Crippen LogP contribution >= 0.6 is 11.6 Å². The second-order valence-electron chi connectivity index (χ2n) is 10.9. The Morgan fingerprint density at radius 3 is 2.44 bits per heavy atom. The number of hydrogen-bond donors (Lipinski definition) is 0. The molecule has 4 aromatic carbocycles. The van der Waals surface area contributed by atoms with Crippen molar-refractivity contribution in [2.24, 2.45) is 0 Å². The van der Waals surface area contributed by atoms with Crippen LogP contribution in [0.3, 0.4) is 0 Å². The molecule has 43 heavy (non-hydrogen) atoms. The molecule has 2 aliphatic heterocycles. The van der Waals surface area contributed by atoms with Crippen molar-refractivity contribution in [1.82, 2.24) is 4.90 Å². The topological polar surface area (TPSA) is 80.1 Å². The normalized spacial score (nSPS) is 17.2. The molecule has 2 amide bonds. The zero-order chi connectivity index (χ0) is 29.9. The molecule has 0 bridgehead atoms. The molecule has 1 aromatic heterocycles. The lowest BCUT2D eigenvalue weighted by Gasteiger charge is -2.34. The maximum atomic E-state index is 15.0. The van der Waals surface area contributed by atoms with Gasteiger partial charge in [0, 0.05) is 17.1 Å². The summed E-state index contributed by atoms with van der Waals surface area (Å²) >= 11 is 6.28. The minimum Gasteiger partial charge on any atom is -0.497 e. The molecule has 0 radical (unpaired) electrons. The number of carbonyl (C=O) groups excluding carboxylic acids is 2. The first-order valence-electron chi connectivity index (χ1n) is 14.0. The number of methoxy groups -OCH3 is 1. The Morgan fingerprint density at radius 2 is 1.67 bits per heavy atom. The number of aryl methyl sites for hydroxylation is 1. The van der Waals surface area contributed by atoms with Crippen LogP contribution in [0.5, 0.6) is 5.75 Å². The number of amides is 2. The molecule has 8 heteroatoms. The number of nitrogens with zero attached hydrogens (tertiary/aromatic N) is 2. The van der Waals surface area contributed by atoms with Crippen molar-refractivity contribution < 1.29 is 18.7 Å². The molecule has 3 heterocycles. The van der Waals surface area contributed by atoms with Crippen LogP contribution < -0.4 is 15.1 Å². The predicted octanol–water partition coefficient (Wildman–Crippen LogP) is 6.25. The predicted molar refractivity (Wildman–Crippen MR) is 165 cm³/mol. The van der Waals surface area contributed by atoms with Crippen LogP contribution in [0, 0.1) is 6.92 Å². The van der Waals surface area contributed by atoms with E-state index in [-0.39, 0.29) is 41.3 Å². The zero-order valence-electron chi connectivity index (χ0n) is 23.6. The summed E-state index contributed by atoms with van der Waals surface area (Å²) in [6.07, 6.45) is 0.443. The average molecular weight is 591 g/mol. The molecule has 0 aliphatic carbocycles. The van der Waals surface area contributed by atoms with E-state index in [0.717, 1.165) is 22.4 Å². The molecular weight excluding hydrogens is 564 g/mol. The minimum atomic E-state index is -1.70. The van der Waals surface area contributed by atoms with Gasteiger partial charge in [-0.2, -0.15) is 0 Å². The van der Waals surface area contributed by atoms with Crippen molar-refractivity contribution in [3.63, 3.8) is 0 Å². The van der Waals surface area contributed by atoms with Gasteiger partial charge in [-0.1, -0.05) is 71.8 Å². The second kappa shape index (κ2) is 10.1. The first-order chi connectivity index (χ1) is 20.8. The van der Waals surface area contributed by atoms with Crippen molar-refractivity contribution in [2.75, 3.05) is 18.6 Å². The van der Waals surface area contributed by atoms with Crippen LogP contribution in [-0.4, -0.2) is 30.4 Å². The number of anilines is 1. The summed E-state index contributed by atoms with van der Waals surface area (Å²) in [5.74, 6) is -0.268. The van der Waals surface area contributed by atoms with Gasteiger partial charge in [-0.3, -0.25) is 14.4 Å². The molecular formula is C35H27ClN2O5. The van der Waals surface area contributed by atoms with Crippen LogP contribution in [0.1, 0.15) is 38.4 Å². The highest BCUT2D eigenvalue weighted by atomic mass is 35.5. The number of halogens is 1. The van der Waals surface area contributed by atoms with Crippen molar-refractivity contribution in [3.8, 4) is 5.75 Å². The Kier molecular flexibility index (Phi) is 6.36. The molecule has 1 unspecified atom stereocenters. The molecule has 214 valence electrons. The molecule has 7 rings (SSSR count). The van der Waals surface area contributed by atoms with E-state index >= 15 is 0 Å². The van der Waals surface area contributed by atoms with Crippen molar-refractivity contribution in [1.29, 1.82) is 0 Å². The summed E-state index contributed by atoms with van der Waals surface area (Å²) in [5.41, 5.74) is 2.31. The highest BCUT2D eigenvalue weighted by Gasteiger charge is 2.64. The average Bonchev–Trinajstić information content (AvgIpc) is 3.40. The van der Waals surface area contributed by atoms with Gasteiger partial charge in [-0.15, -0.1) is 0 Å². The van der Waals surface area contributed by atoms with Gasteiger partial charge in [0.25, 0.3) is 11.8 Å². The van der Waals surface area contributed by atoms with Crippen LogP contribution in [0.4, 0.5) is 5.69 Å². The standard InChI is InChI=1S/C35H27ClN2O5/c1-21-6-5-7-23(18-21)20-37-28-9-4-3-8-27(28)35(34(37)41)30-31(39)26-19-24(36)12-15-29(26)43-32(30)33(40)38(35)17-16-22-10-13-25(42-2)14-11-22/h3-15,18-19H,16-17,20H2,1-2H3. The summed E-state index contributed by atoms with van der Waals surface area (Å²) in [6.45, 7) is 2.45. The molecule has 0 saturated carbocycles. The quantitative estimate of drug-likeness (QED) is 0.233. The van der Waals surface area contributed by atoms with E-state index in [0.29, 0.717) is 22.7 Å². The Bertz CT molecular complexity index is 2000. The van der Waals surface area contributed by atoms with Gasteiger partial charge in [0.2, 0.25) is 5.76 Å². The summed E-state index contributed by atoms with van der Waals surface area (Å²) in [4.78, 5) is 46.8. The third-order valence-corrected chi connectivity index (χ3v) is 8.64. The monoisotopic (exact) mass is 590 g/mol. The van der Waals surface area contributed by atoms with Crippen LogP contribution in [0.25, 0.3) is 11.0 Å². The number of carbonyl (C=O) groups is 2. The van der Waals surface area contributed by atoms with E-state index in [1.54, 1.807) is 24.1 Å². The third-order valence-electron chi connectivity index (χ3n) is 8.40. The van der Waals surface area contributed by atoms with Crippen LogP contribution in [-0.2, 0) is 23.3 Å². The van der Waals surface area contributed by atoms with E-state index in [1.807, 2.05) is 79.7 Å². The van der Waals surface area contributed by atoms with Gasteiger partial charge >= 0.3 is 0 Å². The van der Waals surface area contributed by atoms with E-state index in [1.165, 1.54) is 11.0 Å². The molecule has 2 aliphatic rings. The Morgan fingerprint density at radius 1 is 0.884 bits per heavy atom. The molecule has 0 saturated heterocycles. The summed E-state index contributed by atoms with van der Waals surface area (Å²) in [7, 11) is 1.60. The molecule has 0 N–H and O–H groups in total. The number of ether oxygens (including phenoxy) is 1. The highest BCUT2D eigenvalue weighted by Crippen LogP contribution is 2.53. The van der Waals surface area contributed by atoms with Crippen LogP contribution in [0.15, 0.2) is 100 Å². The maximum absolute atomic E-state index is 15.0. The van der Waals surface area contributed by atoms with Crippen molar-refractivity contribution >= 4 is 40.1 Å². The van der Waals surface area contributed by atoms with Gasteiger partial charge in [-0.05, 0) is 60.9 Å². The molecule has 0 fully saturated rings. The number of benzene rings is 4. The van der Waals surface area contributed by atoms with E-state index < -0.39 is 16.9 Å². The highest BCUT2D eigenvalue weighted by molar-refractivity contribution is 6.31. The fourth-order valence-corrected chi connectivity index (χ4v) is 6.62. The second-order valence-corrected chi connectivity index (χ2v) is 11.4. The molecule has 5 aromatic rings. The number of rotatable bonds is 6. The zero-order valence-corrected chi connectivity index (χ0v) is 24.4. The fraction of sp³-hybridized carbons (Fsp3) is 0.171. The van der Waals surface area contributed by atoms with E-state index in [4.69, 9.17) is 20.8 Å². The van der Waals surface area contributed by atoms with Crippen LogP contribution in [0.2, 0.25) is 5.02 Å². The third kappa shape index (κ3) is 4.07. The van der Waals surface area contributed by atoms with Gasteiger partial charge in [-0.25, -0.2) is 0 Å². The van der Waals surface area contributed by atoms with E-state index in [9.17, 15) is 14.4 Å². The smallest absolute Gasteiger partial charge is 0.291 e. The largest absolute Gasteiger partial charge is 0.497 e. The van der Waals surface area contributed by atoms with Crippen molar-refractivity contribution in [2.45, 2.75) is 25.4 Å². The first kappa shape index (κ1) is 27.0. The van der Waals surface area contributed by atoms with E-state index in [2.05, 4.69) is 0 Å². The summed E-state index contributed by atoms with van der Waals surface area (Å²) < 4.78 is 11.4. The van der Waals surface area contributed by atoms with Gasteiger partial charge in [0.15, 0.2) is 11.0 Å². The number of hydrogen-bond acceptors (Lipinski definition) is 5. The SMILES string of the molecule is COc1ccc(CCN2C(=O)c3oc4ccc(Cl)cc4c(=O)c3C23C(=O)N(Cc2cccc(C)c2)c2ccccc23)cc1. The lowest BCUT2D eigenvalue weighted by atomic mass is 9.83. The molecule has 1 atom stereocenters. The maximum Gasteiger partial charge on any atom is 0.291 e. The fourth-order valence-electron chi connectivity index (χ4n) is 6.45.